The number of hydrogen-bond donors (Lipinski definition) is 1. The number of benzene rings is 4. The highest BCUT2D eigenvalue weighted by Crippen LogP contribution is 2.43. The molecule has 0 spiro atoms. The van der Waals surface area contributed by atoms with Crippen molar-refractivity contribution in [3.63, 3.8) is 0 Å². The molecule has 1 N–H and O–H groups in total. The summed E-state index contributed by atoms with van der Waals surface area (Å²) >= 11 is 0. The summed E-state index contributed by atoms with van der Waals surface area (Å²) in [5.41, 5.74) is 13.0. The zero-order valence-electron chi connectivity index (χ0n) is 35.4. The van der Waals surface area contributed by atoms with Gasteiger partial charge in [0.25, 0.3) is 0 Å². The molecule has 4 aromatic carbocycles. The lowest BCUT2D eigenvalue weighted by Crippen LogP contribution is -2.53. The fraction of sp³-hybridized carbons (Fsp3) is 0.280. The van der Waals surface area contributed by atoms with E-state index in [4.69, 9.17) is 20.0 Å². The summed E-state index contributed by atoms with van der Waals surface area (Å²) in [5, 5.41) is 3.91. The van der Waals surface area contributed by atoms with E-state index in [1.165, 1.54) is 22.1 Å². The molecule has 0 radical (unpaired) electrons. The fourth-order valence-corrected chi connectivity index (χ4v) is 9.16. The maximum Gasteiger partial charge on any atom is 0.193 e. The van der Waals surface area contributed by atoms with Crippen LogP contribution in [0.3, 0.4) is 0 Å². The van der Waals surface area contributed by atoms with Crippen molar-refractivity contribution in [2.75, 3.05) is 15.1 Å². The van der Waals surface area contributed by atoms with Crippen LogP contribution in [0.4, 0.5) is 23.0 Å². The fourth-order valence-electron chi connectivity index (χ4n) is 9.16. The number of pyridine rings is 2. The van der Waals surface area contributed by atoms with E-state index in [0.717, 1.165) is 75.3 Å². The molecule has 0 bridgehead atoms. The number of amidine groups is 2. The molecule has 6 aromatic rings. The zero-order valence-corrected chi connectivity index (χ0v) is 35.4. The maximum atomic E-state index is 5.01. The minimum atomic E-state index is -0.216. The Labute approximate surface area is 344 Å². The summed E-state index contributed by atoms with van der Waals surface area (Å²) in [4.78, 5) is 24.5. The molecule has 3 aliphatic heterocycles. The third-order valence-electron chi connectivity index (χ3n) is 13.6. The highest BCUT2D eigenvalue weighted by atomic mass is 15.4. The van der Waals surface area contributed by atoms with Gasteiger partial charge in [0, 0.05) is 46.0 Å². The molecule has 0 unspecified atom stereocenters. The molecule has 0 fully saturated rings. The second-order valence-corrected chi connectivity index (χ2v) is 18.2. The van der Waals surface area contributed by atoms with Crippen LogP contribution in [-0.4, -0.2) is 51.1 Å². The van der Waals surface area contributed by atoms with Crippen molar-refractivity contribution < 1.29 is 0 Å². The Kier molecular flexibility index (Phi) is 8.59. The average Bonchev–Trinajstić information content (AvgIpc) is 3.46. The molecule has 3 aliphatic rings. The van der Waals surface area contributed by atoms with Gasteiger partial charge in [-0.15, -0.1) is 0 Å². The van der Waals surface area contributed by atoms with E-state index in [1.54, 1.807) is 0 Å². The van der Waals surface area contributed by atoms with Crippen LogP contribution in [0, 0.1) is 0 Å². The SMILES string of the molecule is CC1=NC(C)(C)C(C)(C)N1c1ccc(-c2ccc3c(c2)-c2ccccc2Bc2ccccc2-c2cc(-c4ccc(N5C(C)=NC(C)(C)C5(C)C)nc4)ccc2N3)cn1. The van der Waals surface area contributed by atoms with Gasteiger partial charge in [0.2, 0.25) is 0 Å². The van der Waals surface area contributed by atoms with E-state index in [-0.39, 0.29) is 22.2 Å². The Morgan fingerprint density at radius 2 is 0.862 bits per heavy atom. The largest absolute Gasteiger partial charge is 0.355 e. The summed E-state index contributed by atoms with van der Waals surface area (Å²) in [6.45, 7) is 21.9. The number of nitrogens with one attached hydrogen (secondary N) is 1. The monoisotopic (exact) mass is 761 g/mol. The lowest BCUT2D eigenvalue weighted by atomic mass is 9.59. The molecule has 290 valence electrons. The second kappa shape index (κ2) is 13.3. The van der Waals surface area contributed by atoms with Crippen molar-refractivity contribution in [1.82, 2.24) is 9.97 Å². The molecule has 9 rings (SSSR count). The molecule has 0 atom stereocenters. The standard InChI is InChI=1S/C50H52BN7/c1-31-55-47(3,4)49(7,8)57(31)45-25-21-35(29-52-45)33-19-23-43-39(27-33)37-15-11-13-17-41(37)51-42-18-14-12-16-38(42)40-28-34(20-24-44(40)54-43)36-22-26-46(53-30-36)58-32(2)56-48(5,6)50(58,9)10/h11-30,51,54H,1-10H3. The first-order chi connectivity index (χ1) is 27.6. The van der Waals surface area contributed by atoms with Crippen LogP contribution < -0.4 is 26.0 Å². The smallest absolute Gasteiger partial charge is 0.193 e. The molecular weight excluding hydrogens is 709 g/mol. The normalized spacial score (nSPS) is 18.1. The van der Waals surface area contributed by atoms with Crippen LogP contribution in [0.25, 0.3) is 44.5 Å². The van der Waals surface area contributed by atoms with Crippen molar-refractivity contribution in [1.29, 1.82) is 0 Å². The number of aromatic nitrogens is 2. The molecule has 0 aliphatic carbocycles. The summed E-state index contributed by atoms with van der Waals surface area (Å²) in [6, 6.07) is 39.8. The van der Waals surface area contributed by atoms with Crippen molar-refractivity contribution in [3.8, 4) is 44.5 Å². The van der Waals surface area contributed by atoms with Crippen molar-refractivity contribution in [2.45, 2.75) is 91.4 Å². The molecule has 5 heterocycles. The predicted octanol–water partition coefficient (Wildman–Crippen LogP) is 10.2. The van der Waals surface area contributed by atoms with E-state index in [2.05, 4.69) is 194 Å². The molecule has 8 heteroatoms. The van der Waals surface area contributed by atoms with Crippen LogP contribution in [0.2, 0.25) is 0 Å². The Morgan fingerprint density at radius 3 is 1.22 bits per heavy atom. The topological polar surface area (TPSA) is 69.0 Å². The number of hydrogen-bond acceptors (Lipinski definition) is 7. The third kappa shape index (κ3) is 5.95. The molecule has 58 heavy (non-hydrogen) atoms. The van der Waals surface area contributed by atoms with Gasteiger partial charge < -0.3 is 15.1 Å². The Morgan fingerprint density at radius 1 is 0.466 bits per heavy atom. The number of anilines is 4. The molecule has 2 aromatic heterocycles. The van der Waals surface area contributed by atoms with E-state index in [1.807, 2.05) is 12.4 Å². The van der Waals surface area contributed by atoms with Gasteiger partial charge in [-0.05, 0) is 140 Å². The van der Waals surface area contributed by atoms with Gasteiger partial charge in [0.15, 0.2) is 7.28 Å². The second-order valence-electron chi connectivity index (χ2n) is 18.2. The van der Waals surface area contributed by atoms with Crippen molar-refractivity contribution in [2.24, 2.45) is 9.98 Å². The van der Waals surface area contributed by atoms with E-state index >= 15 is 0 Å². The number of fused-ring (bicyclic) bond motifs is 6. The molecule has 0 amide bonds. The summed E-state index contributed by atoms with van der Waals surface area (Å²) < 4.78 is 0. The predicted molar refractivity (Wildman–Crippen MR) is 247 cm³/mol. The van der Waals surface area contributed by atoms with Crippen LogP contribution in [0.15, 0.2) is 132 Å². The lowest BCUT2D eigenvalue weighted by Gasteiger charge is -2.40. The van der Waals surface area contributed by atoms with Gasteiger partial charge in [-0.2, -0.15) is 0 Å². The summed E-state index contributed by atoms with van der Waals surface area (Å²) in [7, 11) is 0.804. The first-order valence-corrected chi connectivity index (χ1v) is 20.4. The minimum Gasteiger partial charge on any atom is -0.355 e. The van der Waals surface area contributed by atoms with Gasteiger partial charge in [-0.25, -0.2) is 9.97 Å². The van der Waals surface area contributed by atoms with Gasteiger partial charge in [-0.3, -0.25) is 9.98 Å². The Hall–Kier alpha value is -6.02. The van der Waals surface area contributed by atoms with Gasteiger partial charge in [0.1, 0.15) is 23.3 Å². The number of nitrogens with zero attached hydrogens (tertiary/aromatic N) is 6. The Balaban J connectivity index is 1.10. The van der Waals surface area contributed by atoms with Crippen molar-refractivity contribution in [3.05, 3.63) is 122 Å². The van der Waals surface area contributed by atoms with Crippen LogP contribution in [0.5, 0.6) is 0 Å². The van der Waals surface area contributed by atoms with Crippen LogP contribution in [-0.2, 0) is 0 Å². The van der Waals surface area contributed by atoms with Gasteiger partial charge in [0.05, 0.1) is 22.2 Å². The number of rotatable bonds is 4. The average molecular weight is 762 g/mol. The highest BCUT2D eigenvalue weighted by Gasteiger charge is 2.49. The first-order valence-electron chi connectivity index (χ1n) is 20.4. The van der Waals surface area contributed by atoms with Gasteiger partial charge in [-0.1, -0.05) is 71.6 Å². The molecule has 7 nitrogen and oxygen atoms in total. The van der Waals surface area contributed by atoms with E-state index < -0.39 is 0 Å². The maximum absolute atomic E-state index is 5.01. The molecule has 0 saturated carbocycles. The van der Waals surface area contributed by atoms with Crippen LogP contribution in [0.1, 0.15) is 69.2 Å². The van der Waals surface area contributed by atoms with Gasteiger partial charge >= 0.3 is 0 Å². The highest BCUT2D eigenvalue weighted by molar-refractivity contribution is 6.70. The van der Waals surface area contributed by atoms with E-state index in [9.17, 15) is 0 Å². The quantitative estimate of drug-likeness (QED) is 0.181. The third-order valence-corrected chi connectivity index (χ3v) is 13.6. The summed E-state index contributed by atoms with van der Waals surface area (Å²) in [6.07, 6.45) is 4.00. The first kappa shape index (κ1) is 37.6. The minimum absolute atomic E-state index is 0.199. The molecule has 0 saturated heterocycles. The number of aliphatic imine (C=N–C) groups is 2. The van der Waals surface area contributed by atoms with Crippen LogP contribution >= 0.6 is 0 Å². The molecular formula is C50H52BN7. The van der Waals surface area contributed by atoms with E-state index in [0.29, 0.717) is 0 Å². The summed E-state index contributed by atoms with van der Waals surface area (Å²) in [5.74, 6) is 3.81. The van der Waals surface area contributed by atoms with Crippen molar-refractivity contribution >= 4 is 52.9 Å². The Bertz CT molecular complexity index is 2470. The lowest BCUT2D eigenvalue weighted by molar-refractivity contribution is 0.337. The zero-order chi connectivity index (χ0) is 40.8.